The molecule has 0 spiro atoms. The smallest absolute Gasteiger partial charge is 0.224 e. The zero-order chi connectivity index (χ0) is 13.9. The van der Waals surface area contributed by atoms with Crippen LogP contribution in [0.2, 0.25) is 0 Å². The number of hydrogen-bond donors (Lipinski definition) is 2. The maximum absolute atomic E-state index is 11.9. The van der Waals surface area contributed by atoms with E-state index < -0.39 is 0 Å². The molecular weight excluding hydrogens is 244 g/mol. The Hall–Kier alpha value is -0.650. The van der Waals surface area contributed by atoms with Gasteiger partial charge in [0.15, 0.2) is 0 Å². The second kappa shape index (κ2) is 10.2. The molecule has 1 aliphatic carbocycles. The average Bonchev–Trinajstić information content (AvgIpc) is 2.42. The third kappa shape index (κ3) is 6.89. The molecular formula is C14H28N2O3. The highest BCUT2D eigenvalue weighted by molar-refractivity contribution is 5.79. The molecule has 3 N–H and O–H groups in total. The number of nitrogens with two attached hydrogens (primary N) is 1. The van der Waals surface area contributed by atoms with Gasteiger partial charge in [0.1, 0.15) is 0 Å². The summed E-state index contributed by atoms with van der Waals surface area (Å²) in [7, 11) is 1.66. The first-order valence-corrected chi connectivity index (χ1v) is 7.35. The molecule has 2 atom stereocenters. The highest BCUT2D eigenvalue weighted by Gasteiger charge is 2.27. The van der Waals surface area contributed by atoms with Crippen LogP contribution in [-0.4, -0.2) is 45.4 Å². The zero-order valence-corrected chi connectivity index (χ0v) is 12.0. The van der Waals surface area contributed by atoms with Crippen LogP contribution in [-0.2, 0) is 14.3 Å². The van der Waals surface area contributed by atoms with E-state index in [4.69, 9.17) is 15.2 Å². The highest BCUT2D eigenvalue weighted by atomic mass is 16.5. The van der Waals surface area contributed by atoms with Gasteiger partial charge in [-0.1, -0.05) is 12.8 Å². The third-order valence-electron chi connectivity index (χ3n) is 3.60. The third-order valence-corrected chi connectivity index (χ3v) is 3.60. The minimum absolute atomic E-state index is 0.0201. The maximum Gasteiger partial charge on any atom is 0.224 e. The van der Waals surface area contributed by atoms with Gasteiger partial charge in [0.05, 0.1) is 19.1 Å². The highest BCUT2D eigenvalue weighted by Crippen LogP contribution is 2.22. The van der Waals surface area contributed by atoms with Gasteiger partial charge >= 0.3 is 0 Å². The van der Waals surface area contributed by atoms with E-state index >= 15 is 0 Å². The first-order chi connectivity index (χ1) is 9.25. The molecule has 1 rings (SSSR count). The fourth-order valence-corrected chi connectivity index (χ4v) is 2.40. The minimum atomic E-state index is 0.0201. The lowest BCUT2D eigenvalue weighted by Crippen LogP contribution is -2.43. The van der Waals surface area contributed by atoms with Crippen molar-refractivity contribution in [2.75, 3.05) is 33.5 Å². The molecule has 0 heterocycles. The van der Waals surface area contributed by atoms with Crippen molar-refractivity contribution in [1.29, 1.82) is 0 Å². The quantitative estimate of drug-likeness (QED) is 0.616. The molecule has 0 aromatic heterocycles. The van der Waals surface area contributed by atoms with Gasteiger partial charge in [0.25, 0.3) is 0 Å². The molecule has 1 fully saturated rings. The normalized spacial score (nSPS) is 23.3. The Morgan fingerprint density at radius 3 is 2.74 bits per heavy atom. The van der Waals surface area contributed by atoms with E-state index in [1.165, 1.54) is 0 Å². The molecule has 1 aliphatic rings. The van der Waals surface area contributed by atoms with Crippen LogP contribution in [0.5, 0.6) is 0 Å². The van der Waals surface area contributed by atoms with Crippen molar-refractivity contribution < 1.29 is 14.3 Å². The van der Waals surface area contributed by atoms with Crippen molar-refractivity contribution in [3.63, 3.8) is 0 Å². The number of carbonyl (C=O) groups excluding carboxylic acids is 1. The van der Waals surface area contributed by atoms with Crippen molar-refractivity contribution in [2.24, 2.45) is 11.7 Å². The molecule has 0 radical (unpaired) electrons. The lowest BCUT2D eigenvalue weighted by molar-refractivity contribution is -0.126. The van der Waals surface area contributed by atoms with Crippen LogP contribution in [0.1, 0.15) is 38.5 Å². The van der Waals surface area contributed by atoms with Crippen LogP contribution >= 0.6 is 0 Å². The van der Waals surface area contributed by atoms with Gasteiger partial charge in [0, 0.05) is 26.3 Å². The number of amides is 1. The summed E-state index contributed by atoms with van der Waals surface area (Å²) in [5, 5.41) is 2.99. The standard InChI is InChI=1S/C14H28N2O3/c1-18-10-11-19-9-5-4-8-16-14(17)12-6-2-3-7-13(12)15/h12-13H,2-11,15H2,1H3,(H,16,17). The SMILES string of the molecule is COCCOCCCCNC(=O)C1CCCCC1N. The summed E-state index contributed by atoms with van der Waals surface area (Å²) in [4.78, 5) is 11.9. The van der Waals surface area contributed by atoms with Crippen molar-refractivity contribution >= 4 is 5.91 Å². The topological polar surface area (TPSA) is 73.6 Å². The van der Waals surface area contributed by atoms with Crippen LogP contribution in [0, 0.1) is 5.92 Å². The van der Waals surface area contributed by atoms with E-state index in [2.05, 4.69) is 5.32 Å². The molecule has 1 saturated carbocycles. The predicted molar refractivity (Wildman–Crippen MR) is 74.9 cm³/mol. The molecule has 19 heavy (non-hydrogen) atoms. The number of ether oxygens (including phenoxy) is 2. The van der Waals surface area contributed by atoms with E-state index in [1.54, 1.807) is 7.11 Å². The summed E-state index contributed by atoms with van der Waals surface area (Å²) in [5.41, 5.74) is 5.99. The van der Waals surface area contributed by atoms with Crippen LogP contribution in [0.4, 0.5) is 0 Å². The lowest BCUT2D eigenvalue weighted by atomic mass is 9.84. The first-order valence-electron chi connectivity index (χ1n) is 7.35. The molecule has 5 heteroatoms. The fraction of sp³-hybridized carbons (Fsp3) is 0.929. The van der Waals surface area contributed by atoms with Crippen LogP contribution in [0.15, 0.2) is 0 Å². The Balaban J connectivity index is 1.98. The fourth-order valence-electron chi connectivity index (χ4n) is 2.40. The molecule has 112 valence electrons. The molecule has 2 unspecified atom stereocenters. The van der Waals surface area contributed by atoms with Crippen molar-refractivity contribution in [3.8, 4) is 0 Å². The van der Waals surface area contributed by atoms with Gasteiger partial charge < -0.3 is 20.5 Å². The maximum atomic E-state index is 11.9. The Morgan fingerprint density at radius 1 is 1.21 bits per heavy atom. The van der Waals surface area contributed by atoms with E-state index in [9.17, 15) is 4.79 Å². The summed E-state index contributed by atoms with van der Waals surface area (Å²) in [5.74, 6) is 0.152. The van der Waals surface area contributed by atoms with Crippen molar-refractivity contribution in [3.05, 3.63) is 0 Å². The predicted octanol–water partition coefficient (Wildman–Crippen LogP) is 1.06. The van der Waals surface area contributed by atoms with Gasteiger partial charge in [-0.25, -0.2) is 0 Å². The van der Waals surface area contributed by atoms with Crippen LogP contribution in [0.3, 0.4) is 0 Å². The molecule has 0 aromatic rings. The Kier molecular flexibility index (Phi) is 8.79. The first kappa shape index (κ1) is 16.4. The monoisotopic (exact) mass is 272 g/mol. The number of unbranched alkanes of at least 4 members (excludes halogenated alkanes) is 1. The molecule has 0 bridgehead atoms. The number of rotatable bonds is 9. The van der Waals surface area contributed by atoms with Gasteiger partial charge in [0.2, 0.25) is 5.91 Å². The molecule has 0 saturated heterocycles. The largest absolute Gasteiger partial charge is 0.382 e. The molecule has 0 aliphatic heterocycles. The van der Waals surface area contributed by atoms with Crippen molar-refractivity contribution in [2.45, 2.75) is 44.6 Å². The summed E-state index contributed by atoms with van der Waals surface area (Å²) in [6.45, 7) is 2.72. The second-order valence-electron chi connectivity index (χ2n) is 5.16. The van der Waals surface area contributed by atoms with E-state index in [-0.39, 0.29) is 17.9 Å². The van der Waals surface area contributed by atoms with E-state index in [0.29, 0.717) is 13.2 Å². The van der Waals surface area contributed by atoms with Gasteiger partial charge in [-0.15, -0.1) is 0 Å². The zero-order valence-electron chi connectivity index (χ0n) is 12.0. The Bertz CT molecular complexity index is 249. The summed E-state index contributed by atoms with van der Waals surface area (Å²) in [6.07, 6.45) is 6.10. The Morgan fingerprint density at radius 2 is 2.00 bits per heavy atom. The van der Waals surface area contributed by atoms with E-state index in [1.807, 2.05) is 0 Å². The lowest BCUT2D eigenvalue weighted by Gasteiger charge is -2.27. The van der Waals surface area contributed by atoms with Gasteiger partial charge in [-0.3, -0.25) is 4.79 Å². The Labute approximate surface area is 116 Å². The van der Waals surface area contributed by atoms with E-state index in [0.717, 1.165) is 51.7 Å². The molecule has 5 nitrogen and oxygen atoms in total. The number of methoxy groups -OCH3 is 1. The second-order valence-corrected chi connectivity index (χ2v) is 5.16. The van der Waals surface area contributed by atoms with Crippen molar-refractivity contribution in [1.82, 2.24) is 5.32 Å². The number of carbonyl (C=O) groups is 1. The van der Waals surface area contributed by atoms with Gasteiger partial charge in [-0.2, -0.15) is 0 Å². The molecule has 0 aromatic carbocycles. The minimum Gasteiger partial charge on any atom is -0.382 e. The number of nitrogens with one attached hydrogen (secondary N) is 1. The summed E-state index contributed by atoms with van der Waals surface area (Å²) in [6, 6.07) is 0.0473. The van der Waals surface area contributed by atoms with Crippen LogP contribution in [0.25, 0.3) is 0 Å². The summed E-state index contributed by atoms with van der Waals surface area (Å²) < 4.78 is 10.2. The summed E-state index contributed by atoms with van der Waals surface area (Å²) >= 11 is 0. The number of hydrogen-bond acceptors (Lipinski definition) is 4. The average molecular weight is 272 g/mol. The van der Waals surface area contributed by atoms with Gasteiger partial charge in [-0.05, 0) is 25.7 Å². The van der Waals surface area contributed by atoms with Crippen LogP contribution < -0.4 is 11.1 Å². The molecule has 1 amide bonds.